The highest BCUT2D eigenvalue weighted by Crippen LogP contribution is 2.27. The van der Waals surface area contributed by atoms with Gasteiger partial charge in [-0.3, -0.25) is 0 Å². The van der Waals surface area contributed by atoms with Crippen molar-refractivity contribution in [3.8, 4) is 5.69 Å². The van der Waals surface area contributed by atoms with Crippen LogP contribution in [0.2, 0.25) is 10.2 Å². The maximum absolute atomic E-state index is 11.5. The van der Waals surface area contributed by atoms with Crippen LogP contribution < -0.4 is 5.32 Å². The molecule has 1 aromatic carbocycles. The van der Waals surface area contributed by atoms with Crippen LogP contribution in [0.4, 0.5) is 0 Å². The fourth-order valence-electron chi connectivity index (χ4n) is 2.72. The van der Waals surface area contributed by atoms with E-state index < -0.39 is 9.84 Å². The second-order valence-electron chi connectivity index (χ2n) is 5.70. The van der Waals surface area contributed by atoms with Gasteiger partial charge in [0.1, 0.15) is 5.15 Å². The van der Waals surface area contributed by atoms with Crippen LogP contribution in [0.1, 0.15) is 17.7 Å². The summed E-state index contributed by atoms with van der Waals surface area (Å²) in [5.41, 5.74) is 2.37. The third-order valence-electron chi connectivity index (χ3n) is 4.00. The summed E-state index contributed by atoms with van der Waals surface area (Å²) in [6.07, 6.45) is 0.637. The Morgan fingerprint density at radius 2 is 2.09 bits per heavy atom. The normalized spacial score (nSPS) is 20.0. The maximum atomic E-state index is 11.5. The Kier molecular flexibility index (Phi) is 4.69. The highest BCUT2D eigenvalue weighted by atomic mass is 35.5. The van der Waals surface area contributed by atoms with Crippen LogP contribution in [0.3, 0.4) is 0 Å². The minimum atomic E-state index is -2.90. The van der Waals surface area contributed by atoms with E-state index in [4.69, 9.17) is 23.2 Å². The van der Waals surface area contributed by atoms with Gasteiger partial charge < -0.3 is 5.32 Å². The van der Waals surface area contributed by atoms with Crippen molar-refractivity contribution in [1.29, 1.82) is 0 Å². The molecule has 0 aliphatic carbocycles. The topological polar surface area (TPSA) is 64.0 Å². The van der Waals surface area contributed by atoms with Gasteiger partial charge in [0.15, 0.2) is 9.84 Å². The second kappa shape index (κ2) is 6.43. The predicted octanol–water partition coefficient (Wildman–Crippen LogP) is 2.76. The Balaban J connectivity index is 1.80. The third-order valence-corrected chi connectivity index (χ3v) is 6.48. The number of sulfone groups is 1. The summed E-state index contributed by atoms with van der Waals surface area (Å²) in [6.45, 7) is 2.36. The molecule has 23 heavy (non-hydrogen) atoms. The van der Waals surface area contributed by atoms with E-state index in [1.165, 1.54) is 0 Å². The zero-order chi connectivity index (χ0) is 16.6. The summed E-state index contributed by atoms with van der Waals surface area (Å²) in [7, 11) is -2.90. The summed E-state index contributed by atoms with van der Waals surface area (Å²) in [6, 6.07) is 7.32. The number of para-hydroxylation sites is 1. The van der Waals surface area contributed by atoms with Crippen LogP contribution in [-0.2, 0) is 16.4 Å². The van der Waals surface area contributed by atoms with Gasteiger partial charge >= 0.3 is 0 Å². The number of hydrogen-bond acceptors (Lipinski definition) is 4. The Bertz CT molecular complexity index is 833. The molecule has 5 nitrogen and oxygen atoms in total. The van der Waals surface area contributed by atoms with E-state index in [1.54, 1.807) is 10.7 Å². The lowest BCUT2D eigenvalue weighted by Gasteiger charge is -2.10. The van der Waals surface area contributed by atoms with Crippen molar-refractivity contribution in [2.75, 3.05) is 11.5 Å². The molecule has 1 atom stereocenters. The molecule has 3 rings (SSSR count). The Morgan fingerprint density at radius 3 is 2.74 bits per heavy atom. The van der Waals surface area contributed by atoms with Crippen LogP contribution in [0.25, 0.3) is 5.69 Å². The fourth-order valence-corrected chi connectivity index (χ4v) is 4.97. The van der Waals surface area contributed by atoms with Gasteiger partial charge in [0, 0.05) is 18.2 Å². The average molecular weight is 374 g/mol. The van der Waals surface area contributed by atoms with Crippen molar-refractivity contribution >= 4 is 33.0 Å². The molecule has 0 saturated carbocycles. The molecule has 8 heteroatoms. The molecule has 0 amide bonds. The number of nitrogens with one attached hydrogen (secondary N) is 1. The van der Waals surface area contributed by atoms with Crippen LogP contribution in [0.5, 0.6) is 0 Å². The molecule has 124 valence electrons. The molecule has 1 N–H and O–H groups in total. The van der Waals surface area contributed by atoms with E-state index in [0.29, 0.717) is 23.1 Å². The molecule has 0 bridgehead atoms. The zero-order valence-corrected chi connectivity index (χ0v) is 14.9. The number of benzene rings is 1. The summed E-state index contributed by atoms with van der Waals surface area (Å²) in [5.74, 6) is 0.429. The number of aromatic nitrogens is 2. The van der Waals surface area contributed by atoms with Gasteiger partial charge in [-0.1, -0.05) is 35.3 Å². The van der Waals surface area contributed by atoms with Gasteiger partial charge in [-0.25, -0.2) is 13.1 Å². The van der Waals surface area contributed by atoms with Crippen molar-refractivity contribution in [3.05, 3.63) is 45.7 Å². The SMILES string of the molecule is Cc1nn(-c2ccccc2Cl)c(Cl)c1CNC1CCS(=O)(=O)C1. The molecular weight excluding hydrogens is 357 g/mol. The van der Waals surface area contributed by atoms with E-state index in [2.05, 4.69) is 10.4 Å². The number of aryl methyl sites for hydroxylation is 1. The first-order valence-electron chi connectivity index (χ1n) is 7.30. The van der Waals surface area contributed by atoms with Gasteiger partial charge in [0.2, 0.25) is 0 Å². The largest absolute Gasteiger partial charge is 0.309 e. The Labute approximate surface area is 145 Å². The van der Waals surface area contributed by atoms with Gasteiger partial charge in [-0.05, 0) is 25.5 Å². The quantitative estimate of drug-likeness (QED) is 0.894. The van der Waals surface area contributed by atoms with Crippen molar-refractivity contribution in [1.82, 2.24) is 15.1 Å². The van der Waals surface area contributed by atoms with Gasteiger partial charge in [-0.15, -0.1) is 0 Å². The summed E-state index contributed by atoms with van der Waals surface area (Å²) < 4.78 is 24.6. The summed E-state index contributed by atoms with van der Waals surface area (Å²) >= 11 is 12.7. The molecule has 1 aliphatic heterocycles. The minimum absolute atomic E-state index is 0.0286. The van der Waals surface area contributed by atoms with Crippen molar-refractivity contribution < 1.29 is 8.42 Å². The number of halogens is 2. The summed E-state index contributed by atoms with van der Waals surface area (Å²) in [5, 5.41) is 8.78. The van der Waals surface area contributed by atoms with Gasteiger partial charge in [0.25, 0.3) is 0 Å². The Morgan fingerprint density at radius 1 is 1.35 bits per heavy atom. The number of hydrogen-bond donors (Lipinski definition) is 1. The number of rotatable bonds is 4. The van der Waals surface area contributed by atoms with Crippen molar-refractivity contribution in [3.63, 3.8) is 0 Å². The third kappa shape index (κ3) is 3.55. The number of nitrogens with zero attached hydrogens (tertiary/aromatic N) is 2. The lowest BCUT2D eigenvalue weighted by Crippen LogP contribution is -2.29. The smallest absolute Gasteiger partial charge is 0.151 e. The average Bonchev–Trinajstić information content (AvgIpc) is 2.97. The van der Waals surface area contributed by atoms with E-state index >= 15 is 0 Å². The van der Waals surface area contributed by atoms with Crippen LogP contribution >= 0.6 is 23.2 Å². The van der Waals surface area contributed by atoms with E-state index in [1.807, 2.05) is 25.1 Å². The molecule has 2 heterocycles. The summed E-state index contributed by atoms with van der Waals surface area (Å²) in [4.78, 5) is 0. The molecule has 2 aromatic rings. The van der Waals surface area contributed by atoms with E-state index in [-0.39, 0.29) is 17.5 Å². The lowest BCUT2D eigenvalue weighted by molar-refractivity contribution is 0.553. The highest BCUT2D eigenvalue weighted by molar-refractivity contribution is 7.91. The van der Waals surface area contributed by atoms with Crippen LogP contribution in [-0.4, -0.2) is 35.7 Å². The van der Waals surface area contributed by atoms with Crippen LogP contribution in [0.15, 0.2) is 24.3 Å². The predicted molar refractivity (Wildman–Crippen MR) is 92.2 cm³/mol. The molecule has 1 aromatic heterocycles. The minimum Gasteiger partial charge on any atom is -0.309 e. The van der Waals surface area contributed by atoms with Gasteiger partial charge in [0.05, 0.1) is 27.9 Å². The molecule has 1 aliphatic rings. The zero-order valence-electron chi connectivity index (χ0n) is 12.6. The van der Waals surface area contributed by atoms with Gasteiger partial charge in [-0.2, -0.15) is 5.10 Å². The first kappa shape index (κ1) is 16.8. The molecule has 0 radical (unpaired) electrons. The second-order valence-corrected chi connectivity index (χ2v) is 8.69. The molecule has 1 saturated heterocycles. The monoisotopic (exact) mass is 373 g/mol. The van der Waals surface area contributed by atoms with E-state index in [0.717, 1.165) is 16.9 Å². The fraction of sp³-hybridized carbons (Fsp3) is 0.400. The maximum Gasteiger partial charge on any atom is 0.151 e. The standard InChI is InChI=1S/C15H17Cl2N3O2S/c1-10-12(8-18-11-6-7-23(21,22)9-11)15(17)20(19-10)14-5-3-2-4-13(14)16/h2-5,11,18H,6-9H2,1H3. The lowest BCUT2D eigenvalue weighted by atomic mass is 10.2. The molecule has 0 spiro atoms. The molecule has 1 unspecified atom stereocenters. The molecular formula is C15H17Cl2N3O2S. The first-order chi connectivity index (χ1) is 10.9. The Hall–Kier alpha value is -1.08. The van der Waals surface area contributed by atoms with Crippen molar-refractivity contribution in [2.24, 2.45) is 0 Å². The first-order valence-corrected chi connectivity index (χ1v) is 9.88. The molecule has 1 fully saturated rings. The van der Waals surface area contributed by atoms with Crippen LogP contribution in [0, 0.1) is 6.92 Å². The van der Waals surface area contributed by atoms with E-state index in [9.17, 15) is 8.42 Å². The highest BCUT2D eigenvalue weighted by Gasteiger charge is 2.28. The van der Waals surface area contributed by atoms with Crippen molar-refractivity contribution in [2.45, 2.75) is 25.9 Å².